The van der Waals surface area contributed by atoms with Crippen molar-refractivity contribution < 1.29 is 13.5 Å². The number of rotatable bonds is 5. The maximum absolute atomic E-state index is 13.7. The number of halogens is 2. The van der Waals surface area contributed by atoms with E-state index in [1.807, 2.05) is 13.8 Å². The predicted octanol–water partition coefficient (Wildman–Crippen LogP) is 3.44. The van der Waals surface area contributed by atoms with Gasteiger partial charge in [0.2, 0.25) is 0 Å². The molecule has 0 saturated carbocycles. The molecule has 1 atom stereocenters. The summed E-state index contributed by atoms with van der Waals surface area (Å²) < 4.78 is 34.6. The van der Waals surface area contributed by atoms with Crippen LogP contribution in [0, 0.1) is 18.3 Å². The van der Waals surface area contributed by atoms with E-state index >= 15 is 0 Å². The molecule has 0 bridgehead atoms. The highest BCUT2D eigenvalue weighted by molar-refractivity contribution is 5.91. The minimum Gasteiger partial charge on any atom is -0.496 e. The Hall–Kier alpha value is -3.25. The molecule has 0 amide bonds. The second-order valence-corrected chi connectivity index (χ2v) is 7.45. The molecule has 9 heteroatoms. The molecule has 7 nitrogen and oxygen atoms in total. The third kappa shape index (κ3) is 2.95. The van der Waals surface area contributed by atoms with E-state index in [0.717, 1.165) is 24.2 Å². The lowest BCUT2D eigenvalue weighted by molar-refractivity contribution is 0.146. The third-order valence-electron chi connectivity index (χ3n) is 5.83. The fourth-order valence-corrected chi connectivity index (χ4v) is 4.16. The molecule has 0 spiro atoms. The quantitative estimate of drug-likeness (QED) is 0.666. The fraction of sp³-hybridized carbons (Fsp3) is 0.381. The molecule has 156 valence electrons. The lowest BCUT2D eigenvalue weighted by Crippen LogP contribution is -2.40. The number of nitrogens with one attached hydrogen (secondary N) is 1. The lowest BCUT2D eigenvalue weighted by atomic mass is 9.84. The highest BCUT2D eigenvalue weighted by Gasteiger charge is 2.31. The van der Waals surface area contributed by atoms with Crippen LogP contribution in [0.15, 0.2) is 18.3 Å². The Kier molecular flexibility index (Phi) is 5.03. The minimum absolute atomic E-state index is 0.0102. The Morgan fingerprint density at radius 2 is 2.13 bits per heavy atom. The van der Waals surface area contributed by atoms with E-state index in [1.54, 1.807) is 19.2 Å². The van der Waals surface area contributed by atoms with Crippen LogP contribution in [0.2, 0.25) is 0 Å². The predicted molar refractivity (Wildman–Crippen MR) is 109 cm³/mol. The van der Waals surface area contributed by atoms with E-state index in [1.165, 1.54) is 10.9 Å². The van der Waals surface area contributed by atoms with Crippen molar-refractivity contribution in [2.75, 3.05) is 25.9 Å². The Morgan fingerprint density at radius 3 is 2.70 bits per heavy atom. The van der Waals surface area contributed by atoms with E-state index in [0.29, 0.717) is 22.4 Å². The minimum atomic E-state index is -2.79. The van der Waals surface area contributed by atoms with E-state index in [-0.39, 0.29) is 17.1 Å². The van der Waals surface area contributed by atoms with Crippen molar-refractivity contribution in [3.05, 3.63) is 46.3 Å². The largest absolute Gasteiger partial charge is 0.496 e. The summed E-state index contributed by atoms with van der Waals surface area (Å²) in [5.41, 5.74) is 9.04. The van der Waals surface area contributed by atoms with Crippen LogP contribution < -0.4 is 15.8 Å². The summed E-state index contributed by atoms with van der Waals surface area (Å²) in [5, 5.41) is 17.3. The van der Waals surface area contributed by atoms with Crippen molar-refractivity contribution in [2.45, 2.75) is 32.2 Å². The molecule has 3 heterocycles. The molecule has 0 aliphatic carbocycles. The van der Waals surface area contributed by atoms with Gasteiger partial charge in [-0.1, -0.05) is 0 Å². The van der Waals surface area contributed by atoms with Crippen LogP contribution in [-0.4, -0.2) is 35.0 Å². The monoisotopic (exact) mass is 412 g/mol. The first-order valence-corrected chi connectivity index (χ1v) is 9.61. The summed E-state index contributed by atoms with van der Waals surface area (Å²) in [6.07, 6.45) is -1.32. The number of benzene rings is 1. The summed E-state index contributed by atoms with van der Waals surface area (Å²) >= 11 is 0. The van der Waals surface area contributed by atoms with E-state index in [2.05, 4.69) is 21.5 Å². The topological polar surface area (TPSA) is 102 Å². The normalized spacial score (nSPS) is 15.2. The van der Waals surface area contributed by atoms with E-state index in [9.17, 15) is 14.0 Å². The van der Waals surface area contributed by atoms with E-state index in [4.69, 9.17) is 10.5 Å². The molecule has 0 radical (unpaired) electrons. The first-order chi connectivity index (χ1) is 14.4. The zero-order valence-electron chi connectivity index (χ0n) is 16.9. The molecule has 1 unspecified atom stereocenters. The molecule has 3 N–H and O–H groups in total. The molecular weight excluding hydrogens is 390 g/mol. The second kappa shape index (κ2) is 7.54. The summed E-state index contributed by atoms with van der Waals surface area (Å²) in [4.78, 5) is 3.94. The number of hydrogen-bond acceptors (Lipinski definition) is 6. The summed E-state index contributed by atoms with van der Waals surface area (Å²) in [7, 11) is 1.58. The number of anilines is 1. The Labute approximate surface area is 172 Å². The average Bonchev–Trinajstić information content (AvgIpc) is 3.08. The molecule has 4 rings (SSSR count). The average molecular weight is 412 g/mol. The molecule has 1 aromatic carbocycles. The van der Waals surface area contributed by atoms with Crippen LogP contribution in [0.25, 0.3) is 10.9 Å². The van der Waals surface area contributed by atoms with Gasteiger partial charge in [-0.2, -0.15) is 10.4 Å². The zero-order valence-corrected chi connectivity index (χ0v) is 16.9. The molecular formula is C21H22F2N6O. The van der Waals surface area contributed by atoms with Crippen LogP contribution in [0.1, 0.15) is 53.3 Å². The highest BCUT2D eigenvalue weighted by Crippen LogP contribution is 2.41. The van der Waals surface area contributed by atoms with Gasteiger partial charge in [-0.25, -0.2) is 13.8 Å². The third-order valence-corrected chi connectivity index (χ3v) is 5.83. The maximum Gasteiger partial charge on any atom is 0.282 e. The van der Waals surface area contributed by atoms with Gasteiger partial charge in [-0.15, -0.1) is 0 Å². The van der Waals surface area contributed by atoms with Crippen molar-refractivity contribution in [3.63, 3.8) is 0 Å². The van der Waals surface area contributed by atoms with Gasteiger partial charge >= 0.3 is 0 Å². The molecule has 1 saturated heterocycles. The number of nitrogens with zero attached hydrogens (tertiary/aromatic N) is 4. The number of methoxy groups -OCH3 is 1. The number of alkyl halides is 2. The van der Waals surface area contributed by atoms with Crippen molar-refractivity contribution in [2.24, 2.45) is 0 Å². The first kappa shape index (κ1) is 20.0. The maximum atomic E-state index is 13.7. The Bertz CT molecular complexity index is 1160. The van der Waals surface area contributed by atoms with Crippen molar-refractivity contribution >= 4 is 16.7 Å². The lowest BCUT2D eigenvalue weighted by Gasteiger charge is -2.32. The molecule has 2 aromatic heterocycles. The SMILES string of the molecule is COc1c(C(C)n2nc(C(F)F)c3c(N)nccc32)cc(C#N)c(C)c1C1CNC1. The van der Waals surface area contributed by atoms with Crippen molar-refractivity contribution in [3.8, 4) is 11.8 Å². The van der Waals surface area contributed by atoms with Gasteiger partial charge in [0.25, 0.3) is 6.43 Å². The van der Waals surface area contributed by atoms with Crippen molar-refractivity contribution in [1.29, 1.82) is 5.26 Å². The number of hydrogen-bond donors (Lipinski definition) is 2. The summed E-state index contributed by atoms with van der Waals surface area (Å²) in [5.74, 6) is 0.899. The van der Waals surface area contributed by atoms with Crippen LogP contribution >= 0.6 is 0 Å². The number of pyridine rings is 1. The number of nitrogens with two attached hydrogens (primary N) is 1. The van der Waals surface area contributed by atoms with Gasteiger partial charge < -0.3 is 15.8 Å². The molecule has 30 heavy (non-hydrogen) atoms. The first-order valence-electron chi connectivity index (χ1n) is 9.61. The van der Waals surface area contributed by atoms with Gasteiger partial charge in [-0.05, 0) is 31.5 Å². The van der Waals surface area contributed by atoms with Crippen molar-refractivity contribution in [1.82, 2.24) is 20.1 Å². The van der Waals surface area contributed by atoms with Gasteiger partial charge in [0.05, 0.1) is 35.7 Å². The van der Waals surface area contributed by atoms with Gasteiger partial charge in [-0.3, -0.25) is 4.68 Å². The van der Waals surface area contributed by atoms with E-state index < -0.39 is 18.2 Å². The van der Waals surface area contributed by atoms with Crippen LogP contribution in [0.5, 0.6) is 5.75 Å². The Morgan fingerprint density at radius 1 is 1.40 bits per heavy atom. The molecule has 3 aromatic rings. The number of fused-ring (bicyclic) bond motifs is 1. The standard InChI is InChI=1S/C21H22F2N6O/c1-10-12(7-24)6-14(19(30-3)16(10)13-8-26-9-13)11(2)29-15-4-5-27-21(25)17(15)18(28-29)20(22)23/h4-6,11,13,20,26H,8-9H2,1-3H3,(H2,25,27). The van der Waals surface area contributed by atoms with Crippen LogP contribution in [-0.2, 0) is 0 Å². The zero-order chi connectivity index (χ0) is 21.6. The Balaban J connectivity index is 1.96. The molecule has 1 aliphatic heterocycles. The van der Waals surface area contributed by atoms with Gasteiger partial charge in [0, 0.05) is 36.3 Å². The number of nitrogen functional groups attached to an aromatic ring is 1. The number of aromatic nitrogens is 3. The number of ether oxygens (including phenoxy) is 1. The van der Waals surface area contributed by atoms with Gasteiger partial charge in [0.1, 0.15) is 17.3 Å². The van der Waals surface area contributed by atoms with Gasteiger partial charge in [0.15, 0.2) is 0 Å². The highest BCUT2D eigenvalue weighted by atomic mass is 19.3. The van der Waals surface area contributed by atoms with Crippen LogP contribution in [0.3, 0.4) is 0 Å². The summed E-state index contributed by atoms with van der Waals surface area (Å²) in [6, 6.07) is 5.15. The fourth-order valence-electron chi connectivity index (χ4n) is 4.16. The second-order valence-electron chi connectivity index (χ2n) is 7.45. The molecule has 1 aliphatic rings. The molecule has 1 fully saturated rings. The number of nitriles is 1. The van der Waals surface area contributed by atoms with Crippen LogP contribution in [0.4, 0.5) is 14.6 Å². The smallest absolute Gasteiger partial charge is 0.282 e. The summed E-state index contributed by atoms with van der Waals surface area (Å²) in [6.45, 7) is 5.34.